The second-order valence-electron chi connectivity index (χ2n) is 7.88. The van der Waals surface area contributed by atoms with Crippen LogP contribution in [-0.4, -0.2) is 52.5 Å². The van der Waals surface area contributed by atoms with Crippen molar-refractivity contribution in [2.75, 3.05) is 25.1 Å². The van der Waals surface area contributed by atoms with Gasteiger partial charge in [-0.1, -0.05) is 0 Å². The average molecular weight is 438 g/mol. The molecule has 0 aliphatic carbocycles. The lowest BCUT2D eigenvalue weighted by molar-refractivity contribution is 0.304. The average Bonchev–Trinajstić information content (AvgIpc) is 3.39. The molecule has 0 bridgehead atoms. The Bertz CT molecular complexity index is 1150. The van der Waals surface area contributed by atoms with Crippen LogP contribution in [0, 0.1) is 19.7 Å². The quantitative estimate of drug-likeness (QED) is 0.374. The molecule has 8 nitrogen and oxygen atoms in total. The van der Waals surface area contributed by atoms with Gasteiger partial charge < -0.3 is 19.9 Å². The Morgan fingerprint density at radius 2 is 2.06 bits per heavy atom. The molecule has 0 amide bonds. The van der Waals surface area contributed by atoms with Gasteiger partial charge in [-0.15, -0.1) is 0 Å². The second-order valence-corrected chi connectivity index (χ2v) is 7.88. The molecule has 168 valence electrons. The molecule has 0 spiro atoms. The van der Waals surface area contributed by atoms with Crippen LogP contribution in [0.1, 0.15) is 30.7 Å². The lowest BCUT2D eigenvalue weighted by Crippen LogP contribution is -2.35. The highest BCUT2D eigenvalue weighted by Crippen LogP contribution is 2.27. The van der Waals surface area contributed by atoms with E-state index in [2.05, 4.69) is 42.1 Å². The highest BCUT2D eigenvalue weighted by atomic mass is 19.1. The monoisotopic (exact) mass is 437 g/mol. The van der Waals surface area contributed by atoms with E-state index in [-0.39, 0.29) is 18.3 Å². The van der Waals surface area contributed by atoms with Crippen LogP contribution in [0.4, 0.5) is 10.2 Å². The predicted octanol–water partition coefficient (Wildman–Crippen LogP) is 4.52. The maximum absolute atomic E-state index is 14.8. The summed E-state index contributed by atoms with van der Waals surface area (Å²) in [5.41, 5.74) is 2.58. The van der Waals surface area contributed by atoms with E-state index in [1.807, 2.05) is 32.1 Å². The molecule has 1 aliphatic rings. The number of aromatic nitrogens is 3. The van der Waals surface area contributed by atoms with Crippen molar-refractivity contribution in [1.82, 2.24) is 20.1 Å². The number of hydrogen-bond donors (Lipinski definition) is 3. The fourth-order valence-electron chi connectivity index (χ4n) is 3.78. The van der Waals surface area contributed by atoms with Gasteiger partial charge in [-0.25, -0.2) is 14.4 Å². The van der Waals surface area contributed by atoms with Gasteiger partial charge in [0.05, 0.1) is 0 Å². The Morgan fingerprint density at radius 1 is 1.25 bits per heavy atom. The summed E-state index contributed by atoms with van der Waals surface area (Å²) in [5, 5.41) is 10.7. The van der Waals surface area contributed by atoms with Gasteiger partial charge in [0.25, 0.3) is 0 Å². The molecular weight excluding hydrogens is 409 g/mol. The number of fused-ring (bicyclic) bond motifs is 1. The fraction of sp³-hybridized carbons (Fsp3) is 0.348. The molecule has 1 saturated heterocycles. The van der Waals surface area contributed by atoms with Crippen LogP contribution < -0.4 is 10.1 Å². The molecule has 0 atom stereocenters. The zero-order valence-electron chi connectivity index (χ0n) is 18.4. The number of nitrogens with zero attached hydrogens (tertiary/aromatic N) is 4. The molecule has 0 radical (unpaired) electrons. The van der Waals surface area contributed by atoms with Crippen LogP contribution in [0.3, 0.4) is 0 Å². The smallest absolute Gasteiger partial charge is 0.181 e. The van der Waals surface area contributed by atoms with Crippen molar-refractivity contribution in [3.05, 3.63) is 53.4 Å². The van der Waals surface area contributed by atoms with Gasteiger partial charge in [0.15, 0.2) is 24.1 Å². The first-order chi connectivity index (χ1) is 15.5. The number of aromatic amines is 2. The minimum Gasteiger partial charge on any atom is -0.468 e. The molecular formula is C23H28FN7O. The van der Waals surface area contributed by atoms with Crippen LogP contribution in [-0.2, 0) is 0 Å². The Morgan fingerprint density at radius 3 is 2.78 bits per heavy atom. The van der Waals surface area contributed by atoms with Gasteiger partial charge in [0, 0.05) is 47.5 Å². The molecule has 0 saturated carbocycles. The van der Waals surface area contributed by atoms with E-state index in [9.17, 15) is 4.39 Å². The van der Waals surface area contributed by atoms with Crippen molar-refractivity contribution < 1.29 is 9.13 Å². The maximum Gasteiger partial charge on any atom is 0.181 e. The van der Waals surface area contributed by atoms with E-state index in [1.165, 1.54) is 6.42 Å². The minimum atomic E-state index is -0.388. The molecule has 1 fully saturated rings. The summed E-state index contributed by atoms with van der Waals surface area (Å²) in [7, 11) is 0. The molecule has 32 heavy (non-hydrogen) atoms. The van der Waals surface area contributed by atoms with Gasteiger partial charge in [-0.3, -0.25) is 5.10 Å². The van der Waals surface area contributed by atoms with Crippen molar-refractivity contribution in [3.63, 3.8) is 0 Å². The highest BCUT2D eigenvalue weighted by molar-refractivity contribution is 5.94. The normalized spacial score (nSPS) is 15.3. The number of likely N-dealkylation sites (tertiary alicyclic amines) is 1. The van der Waals surface area contributed by atoms with E-state index in [1.54, 1.807) is 12.1 Å². The molecule has 3 heterocycles. The van der Waals surface area contributed by atoms with Crippen molar-refractivity contribution >= 4 is 29.3 Å². The third-order valence-electron chi connectivity index (χ3n) is 5.36. The molecule has 4 rings (SSSR count). The van der Waals surface area contributed by atoms with Gasteiger partial charge in [0.2, 0.25) is 0 Å². The Hall–Kier alpha value is -3.62. The first kappa shape index (κ1) is 21.6. The third kappa shape index (κ3) is 4.99. The summed E-state index contributed by atoms with van der Waals surface area (Å²) in [6.45, 7) is 9.25. The molecule has 3 aromatic rings. The van der Waals surface area contributed by atoms with Crippen LogP contribution in [0.15, 0.2) is 46.1 Å². The number of rotatable bonds is 7. The number of nitrogens with one attached hydrogen (secondary N) is 3. The number of aliphatic imine (C=N–C) groups is 2. The maximum atomic E-state index is 14.8. The largest absolute Gasteiger partial charge is 0.468 e. The minimum absolute atomic E-state index is 0.0138. The lowest BCUT2D eigenvalue weighted by atomic mass is 10.1. The second kappa shape index (κ2) is 9.67. The number of piperidine rings is 1. The van der Waals surface area contributed by atoms with E-state index in [4.69, 9.17) is 4.74 Å². The highest BCUT2D eigenvalue weighted by Gasteiger charge is 2.15. The van der Waals surface area contributed by atoms with Gasteiger partial charge in [-0.05, 0) is 58.0 Å². The zero-order valence-corrected chi connectivity index (χ0v) is 18.4. The number of H-pyrrole nitrogens is 2. The standard InChI is InChI=1S/C23H28FN7O/c1-15-11-17-18(27-15)7-8-19(23(17)24)32-14-26-22(31-9-5-4-6-10-31)13-20(25-3)28-21-12-16(2)29-30-21/h7-8,11-13,27H,3-6,9-10,14H2,1-2H3,(H2,28,29,30)/b20-13+,26-22+. The first-order valence-corrected chi connectivity index (χ1v) is 10.7. The number of amidine groups is 1. The summed E-state index contributed by atoms with van der Waals surface area (Å²) in [4.78, 5) is 14.0. The topological polar surface area (TPSA) is 93.7 Å². The molecule has 1 aliphatic heterocycles. The van der Waals surface area contributed by atoms with E-state index < -0.39 is 0 Å². The summed E-state index contributed by atoms with van der Waals surface area (Å²) in [6.07, 6.45) is 5.20. The number of benzene rings is 1. The number of aryl methyl sites for hydroxylation is 2. The molecule has 3 N–H and O–H groups in total. The molecule has 1 aromatic carbocycles. The van der Waals surface area contributed by atoms with Crippen LogP contribution >= 0.6 is 0 Å². The van der Waals surface area contributed by atoms with Crippen molar-refractivity contribution in [3.8, 4) is 5.75 Å². The summed E-state index contributed by atoms with van der Waals surface area (Å²) < 4.78 is 20.5. The van der Waals surface area contributed by atoms with Gasteiger partial charge >= 0.3 is 0 Å². The van der Waals surface area contributed by atoms with Crippen molar-refractivity contribution in [1.29, 1.82) is 0 Å². The fourth-order valence-corrected chi connectivity index (χ4v) is 3.78. The van der Waals surface area contributed by atoms with E-state index in [0.717, 1.165) is 42.8 Å². The van der Waals surface area contributed by atoms with Crippen LogP contribution in [0.5, 0.6) is 5.75 Å². The number of halogens is 1. The van der Waals surface area contributed by atoms with E-state index >= 15 is 0 Å². The Kier molecular flexibility index (Phi) is 6.53. The zero-order chi connectivity index (χ0) is 22.5. The Labute approximate surface area is 186 Å². The van der Waals surface area contributed by atoms with Crippen molar-refractivity contribution in [2.24, 2.45) is 9.98 Å². The first-order valence-electron chi connectivity index (χ1n) is 10.7. The van der Waals surface area contributed by atoms with Crippen molar-refractivity contribution in [2.45, 2.75) is 33.1 Å². The van der Waals surface area contributed by atoms with Crippen LogP contribution in [0.2, 0.25) is 0 Å². The summed E-state index contributed by atoms with van der Waals surface area (Å²) >= 11 is 0. The summed E-state index contributed by atoms with van der Waals surface area (Å²) in [6, 6.07) is 7.08. The molecule has 0 unspecified atom stereocenters. The number of hydrogen-bond acceptors (Lipinski definition) is 5. The lowest BCUT2D eigenvalue weighted by Gasteiger charge is -2.28. The van der Waals surface area contributed by atoms with Gasteiger partial charge in [-0.2, -0.15) is 5.10 Å². The predicted molar refractivity (Wildman–Crippen MR) is 126 cm³/mol. The molecule has 2 aromatic heterocycles. The van der Waals surface area contributed by atoms with E-state index in [0.29, 0.717) is 22.9 Å². The van der Waals surface area contributed by atoms with Crippen LogP contribution in [0.25, 0.3) is 10.9 Å². The number of ether oxygens (including phenoxy) is 1. The van der Waals surface area contributed by atoms with Gasteiger partial charge in [0.1, 0.15) is 11.7 Å². The summed E-state index contributed by atoms with van der Waals surface area (Å²) in [5.74, 6) is 1.67. The third-order valence-corrected chi connectivity index (χ3v) is 5.36. The SMILES string of the molecule is C=N/C(=C\C(=N/COc1ccc2[nH]c(C)cc2c1F)N1CCCCC1)Nc1cc(C)[nH]n1. The Balaban J connectivity index is 1.54. The number of anilines is 1. The molecule has 9 heteroatoms.